The molecule has 4 heterocycles. The van der Waals surface area contributed by atoms with E-state index in [1.165, 1.54) is 68.2 Å². The van der Waals surface area contributed by atoms with E-state index in [1.807, 2.05) is 0 Å². The lowest BCUT2D eigenvalue weighted by atomic mass is 10.1. The van der Waals surface area contributed by atoms with Crippen molar-refractivity contribution in [2.45, 2.75) is 12.8 Å². The molecule has 0 saturated heterocycles. The number of methoxy groups -OCH3 is 1. The molecule has 0 bridgehead atoms. The number of carboxylic acids is 2. The van der Waals surface area contributed by atoms with Gasteiger partial charge >= 0.3 is 11.9 Å². The average molecular weight is 707 g/mol. The van der Waals surface area contributed by atoms with E-state index >= 15 is 0 Å². The zero-order valence-corrected chi connectivity index (χ0v) is 26.9. The lowest BCUT2D eigenvalue weighted by molar-refractivity contribution is -0.137. The summed E-state index contributed by atoms with van der Waals surface area (Å²) in [5.41, 5.74) is 1.63. The number of carbonyl (C=O) groups excluding carboxylic acids is 2. The van der Waals surface area contributed by atoms with Crippen molar-refractivity contribution in [3.63, 3.8) is 0 Å². The summed E-state index contributed by atoms with van der Waals surface area (Å²) in [5.74, 6) is -3.66. The Bertz CT molecular complexity index is 2140. The van der Waals surface area contributed by atoms with Gasteiger partial charge in [0.25, 0.3) is 0 Å². The number of phenolic OH excluding ortho intramolecular Hbond substituents is 1. The molecule has 10 nitrogen and oxygen atoms in total. The number of hydrogen-bond donors (Lipinski definition) is 3. The fourth-order valence-corrected chi connectivity index (χ4v) is 7.05. The number of thiophene rings is 2. The van der Waals surface area contributed by atoms with Crippen LogP contribution in [0.4, 0.5) is 8.78 Å². The summed E-state index contributed by atoms with van der Waals surface area (Å²) < 4.78 is 42.0. The van der Waals surface area contributed by atoms with E-state index in [4.69, 9.17) is 23.8 Å². The third-order valence-electron chi connectivity index (χ3n) is 6.85. The second-order valence-corrected chi connectivity index (χ2v) is 12.3. The van der Waals surface area contributed by atoms with E-state index in [0.29, 0.717) is 31.3 Å². The molecular weight excluding hydrogens is 683 g/mol. The maximum absolute atomic E-state index is 13.4. The van der Waals surface area contributed by atoms with Crippen molar-refractivity contribution in [3.8, 4) is 32.4 Å². The fraction of sp³-hybridized carbons (Fsp3) is 0.0857. The standard InChI is InChI=1S/C18H13FO5S.C17H11FO5S/c1-23-14-9-11(19)4-5-12(14)18-10(8-16(20)21)7-15(25-18)17(22)13-3-2-6-24-13;18-10-3-4-11(12(19)8-10)17-9(7-15(20)21)6-14(24-17)16(22)13-2-1-5-23-13/h2-7,9H,8H2,1H3,(H,20,21);1-6,8,19H,7H2,(H,20,21). The summed E-state index contributed by atoms with van der Waals surface area (Å²) in [4.78, 5) is 48.7. The number of carboxylic acid groups (broad SMARTS) is 2. The number of ketones is 2. The number of furan rings is 2. The molecule has 3 N–H and O–H groups in total. The van der Waals surface area contributed by atoms with Gasteiger partial charge in [0.05, 0.1) is 42.2 Å². The molecule has 0 fully saturated rings. The fourth-order valence-electron chi connectivity index (χ4n) is 4.73. The second kappa shape index (κ2) is 14.9. The highest BCUT2D eigenvalue weighted by Gasteiger charge is 2.23. The molecule has 2 aromatic carbocycles. The Morgan fingerprint density at radius 1 is 0.694 bits per heavy atom. The van der Waals surface area contributed by atoms with Gasteiger partial charge in [-0.05, 0) is 71.8 Å². The number of ether oxygens (including phenoxy) is 1. The average Bonchev–Trinajstić information content (AvgIpc) is 3.88. The number of benzene rings is 2. The van der Waals surface area contributed by atoms with Gasteiger partial charge in [0.1, 0.15) is 23.1 Å². The zero-order chi connectivity index (χ0) is 35.2. The number of rotatable bonds is 11. The molecule has 0 spiro atoms. The van der Waals surface area contributed by atoms with Crippen LogP contribution in [-0.4, -0.2) is 45.9 Å². The number of phenols is 1. The number of hydrogen-bond acceptors (Lipinski definition) is 10. The van der Waals surface area contributed by atoms with Crippen LogP contribution in [0, 0.1) is 11.6 Å². The van der Waals surface area contributed by atoms with Crippen LogP contribution < -0.4 is 4.74 Å². The van der Waals surface area contributed by atoms with E-state index in [2.05, 4.69) is 0 Å². The first-order chi connectivity index (χ1) is 23.4. The van der Waals surface area contributed by atoms with E-state index in [0.717, 1.165) is 34.8 Å². The third kappa shape index (κ3) is 8.00. The summed E-state index contributed by atoms with van der Waals surface area (Å²) >= 11 is 2.15. The largest absolute Gasteiger partial charge is 0.507 e. The first-order valence-electron chi connectivity index (χ1n) is 14.1. The van der Waals surface area contributed by atoms with Crippen LogP contribution in [0.2, 0.25) is 0 Å². The van der Waals surface area contributed by atoms with Crippen LogP contribution in [0.15, 0.2) is 94.2 Å². The first-order valence-corrected chi connectivity index (χ1v) is 15.8. The summed E-state index contributed by atoms with van der Waals surface area (Å²) in [5, 5.41) is 28.2. The van der Waals surface area contributed by atoms with Crippen LogP contribution in [-0.2, 0) is 22.4 Å². The van der Waals surface area contributed by atoms with Gasteiger partial charge in [-0.25, -0.2) is 8.78 Å². The molecule has 49 heavy (non-hydrogen) atoms. The highest BCUT2D eigenvalue weighted by Crippen LogP contribution is 2.41. The number of carbonyl (C=O) groups is 4. The summed E-state index contributed by atoms with van der Waals surface area (Å²) in [6.45, 7) is 0. The zero-order valence-electron chi connectivity index (χ0n) is 25.3. The normalized spacial score (nSPS) is 10.7. The molecule has 250 valence electrons. The minimum absolute atomic E-state index is 0.132. The Balaban J connectivity index is 0.000000191. The summed E-state index contributed by atoms with van der Waals surface area (Å²) in [7, 11) is 1.40. The predicted octanol–water partition coefficient (Wildman–Crippen LogP) is 7.72. The molecule has 0 amide bonds. The summed E-state index contributed by atoms with van der Waals surface area (Å²) in [6, 6.07) is 16.6. The Labute approximate surface area is 284 Å². The maximum Gasteiger partial charge on any atom is 0.307 e. The monoisotopic (exact) mass is 706 g/mol. The van der Waals surface area contributed by atoms with Gasteiger partial charge in [0, 0.05) is 33.0 Å². The molecule has 0 aliphatic carbocycles. The van der Waals surface area contributed by atoms with Crippen LogP contribution in [0.1, 0.15) is 42.0 Å². The van der Waals surface area contributed by atoms with Gasteiger partial charge in [0.2, 0.25) is 11.6 Å². The Kier molecular flexibility index (Phi) is 10.5. The van der Waals surface area contributed by atoms with Crippen molar-refractivity contribution in [2.24, 2.45) is 0 Å². The summed E-state index contributed by atoms with van der Waals surface area (Å²) in [6.07, 6.45) is 2.17. The smallest absolute Gasteiger partial charge is 0.307 e. The SMILES string of the molecule is COc1cc(F)ccc1-c1sc(C(=O)c2ccco2)cc1CC(=O)O.O=C(O)Cc1cc(C(=O)c2ccco2)sc1-c1ccc(F)cc1O. The van der Waals surface area contributed by atoms with Crippen molar-refractivity contribution < 1.29 is 56.8 Å². The van der Waals surface area contributed by atoms with Gasteiger partial charge in [-0.15, -0.1) is 22.7 Å². The minimum Gasteiger partial charge on any atom is -0.507 e. The molecule has 4 aromatic heterocycles. The van der Waals surface area contributed by atoms with Gasteiger partial charge in [0.15, 0.2) is 11.5 Å². The Morgan fingerprint density at radius 2 is 1.16 bits per heavy atom. The quantitative estimate of drug-likeness (QED) is 0.114. The Morgan fingerprint density at radius 3 is 1.59 bits per heavy atom. The highest BCUT2D eigenvalue weighted by molar-refractivity contribution is 7.18. The van der Waals surface area contributed by atoms with Gasteiger partial charge < -0.3 is 28.9 Å². The molecule has 6 aromatic rings. The molecule has 0 aliphatic heterocycles. The molecule has 0 aliphatic rings. The Hall–Kier alpha value is -5.86. The molecule has 0 unspecified atom stereocenters. The number of halogens is 2. The van der Waals surface area contributed by atoms with Gasteiger partial charge in [-0.3, -0.25) is 19.2 Å². The lowest BCUT2D eigenvalue weighted by Crippen LogP contribution is -2.01. The van der Waals surface area contributed by atoms with E-state index in [9.17, 15) is 33.1 Å². The van der Waals surface area contributed by atoms with Gasteiger partial charge in [-0.2, -0.15) is 0 Å². The van der Waals surface area contributed by atoms with Crippen LogP contribution in [0.5, 0.6) is 11.5 Å². The number of aliphatic carboxylic acids is 2. The minimum atomic E-state index is -1.08. The lowest BCUT2D eigenvalue weighted by Gasteiger charge is -2.08. The van der Waals surface area contributed by atoms with E-state index < -0.39 is 23.6 Å². The molecular formula is C35H24F2O10S2. The van der Waals surface area contributed by atoms with Crippen LogP contribution in [0.3, 0.4) is 0 Å². The van der Waals surface area contributed by atoms with Crippen molar-refractivity contribution in [3.05, 3.63) is 129 Å². The molecule has 6 rings (SSSR count). The first kappa shape index (κ1) is 34.5. The van der Waals surface area contributed by atoms with Crippen molar-refractivity contribution in [2.75, 3.05) is 7.11 Å². The third-order valence-corrected chi connectivity index (χ3v) is 9.27. The molecule has 14 heteroatoms. The van der Waals surface area contributed by atoms with Gasteiger partial charge in [-0.1, -0.05) is 0 Å². The number of aromatic hydroxyl groups is 1. The van der Waals surface area contributed by atoms with E-state index in [-0.39, 0.29) is 57.9 Å². The second-order valence-electron chi connectivity index (χ2n) is 10.2. The van der Waals surface area contributed by atoms with Crippen molar-refractivity contribution in [1.29, 1.82) is 0 Å². The molecule has 0 saturated carbocycles. The van der Waals surface area contributed by atoms with E-state index in [1.54, 1.807) is 12.1 Å². The molecule has 0 radical (unpaired) electrons. The predicted molar refractivity (Wildman–Crippen MR) is 175 cm³/mol. The highest BCUT2D eigenvalue weighted by atomic mass is 32.1. The van der Waals surface area contributed by atoms with Crippen molar-refractivity contribution in [1.82, 2.24) is 0 Å². The topological polar surface area (TPSA) is 164 Å². The van der Waals surface area contributed by atoms with Crippen LogP contribution in [0.25, 0.3) is 20.9 Å². The van der Waals surface area contributed by atoms with Crippen molar-refractivity contribution >= 4 is 46.2 Å². The van der Waals surface area contributed by atoms with Crippen LogP contribution >= 0.6 is 22.7 Å². The molecule has 0 atom stereocenters. The maximum atomic E-state index is 13.4.